The number of hydrogen-bond acceptors (Lipinski definition) is 3. The van der Waals surface area contributed by atoms with Crippen LogP contribution in [0.1, 0.15) is 11.1 Å². The summed E-state index contributed by atoms with van der Waals surface area (Å²) in [5, 5.41) is 2.72. The average molecular weight is 245 g/mol. The van der Waals surface area contributed by atoms with E-state index in [1.165, 1.54) is 0 Å². The van der Waals surface area contributed by atoms with Gasteiger partial charge in [-0.2, -0.15) is 0 Å². The molecule has 1 N–H and O–H groups in total. The number of nitrogens with one attached hydrogen (secondary N) is 1. The molecule has 1 amide bonds. The van der Waals surface area contributed by atoms with Gasteiger partial charge in [0.05, 0.1) is 6.33 Å². The van der Waals surface area contributed by atoms with Crippen molar-refractivity contribution in [1.82, 2.24) is 9.55 Å². The Morgan fingerprint density at radius 2 is 2.28 bits per heavy atom. The number of imidazole rings is 1. The maximum atomic E-state index is 11.6. The SMILES string of the molecule is Cc1ccc(C)c(NC(=O)OCn2ccnc2)c1. The van der Waals surface area contributed by atoms with Crippen molar-refractivity contribution in [2.24, 2.45) is 0 Å². The van der Waals surface area contributed by atoms with E-state index in [9.17, 15) is 4.79 Å². The Hall–Kier alpha value is -2.30. The Morgan fingerprint density at radius 1 is 1.44 bits per heavy atom. The van der Waals surface area contributed by atoms with Gasteiger partial charge in [0.2, 0.25) is 0 Å². The minimum Gasteiger partial charge on any atom is -0.427 e. The predicted octanol–water partition coefficient (Wildman–Crippen LogP) is 2.71. The first-order valence-electron chi connectivity index (χ1n) is 5.62. The first kappa shape index (κ1) is 12.2. The van der Waals surface area contributed by atoms with Gasteiger partial charge in [-0.05, 0) is 31.0 Å². The molecule has 0 aliphatic heterocycles. The fraction of sp³-hybridized carbons (Fsp3) is 0.231. The zero-order chi connectivity index (χ0) is 13.0. The summed E-state index contributed by atoms with van der Waals surface area (Å²) in [6.45, 7) is 4.06. The van der Waals surface area contributed by atoms with Crippen molar-refractivity contribution in [3.8, 4) is 0 Å². The van der Waals surface area contributed by atoms with E-state index in [4.69, 9.17) is 4.74 Å². The first-order valence-corrected chi connectivity index (χ1v) is 5.62. The molecule has 1 aromatic heterocycles. The second kappa shape index (κ2) is 5.35. The van der Waals surface area contributed by atoms with E-state index in [0.717, 1.165) is 16.8 Å². The van der Waals surface area contributed by atoms with Crippen LogP contribution in [0.3, 0.4) is 0 Å². The van der Waals surface area contributed by atoms with Crippen molar-refractivity contribution in [2.75, 3.05) is 5.32 Å². The number of nitrogens with zero attached hydrogens (tertiary/aromatic N) is 2. The Balaban J connectivity index is 1.92. The van der Waals surface area contributed by atoms with Crippen molar-refractivity contribution in [2.45, 2.75) is 20.6 Å². The van der Waals surface area contributed by atoms with E-state index in [0.29, 0.717) is 0 Å². The van der Waals surface area contributed by atoms with Gasteiger partial charge >= 0.3 is 6.09 Å². The average Bonchev–Trinajstić information content (AvgIpc) is 2.84. The molecule has 0 saturated heterocycles. The van der Waals surface area contributed by atoms with Crippen LogP contribution in [-0.2, 0) is 11.5 Å². The van der Waals surface area contributed by atoms with E-state index in [1.807, 2.05) is 32.0 Å². The summed E-state index contributed by atoms with van der Waals surface area (Å²) in [4.78, 5) is 15.5. The molecule has 5 heteroatoms. The van der Waals surface area contributed by atoms with Crippen LogP contribution in [0.5, 0.6) is 0 Å². The summed E-state index contributed by atoms with van der Waals surface area (Å²) in [5.41, 5.74) is 2.86. The topological polar surface area (TPSA) is 56.1 Å². The molecule has 0 radical (unpaired) electrons. The normalized spacial score (nSPS) is 10.1. The van der Waals surface area contributed by atoms with E-state index in [1.54, 1.807) is 23.3 Å². The Labute approximate surface area is 105 Å². The number of benzene rings is 1. The van der Waals surface area contributed by atoms with Crippen molar-refractivity contribution < 1.29 is 9.53 Å². The van der Waals surface area contributed by atoms with Gasteiger partial charge in [-0.25, -0.2) is 9.78 Å². The third-order valence-electron chi connectivity index (χ3n) is 2.53. The molecule has 0 spiro atoms. The molecular formula is C13H15N3O2. The number of amides is 1. The molecule has 0 aliphatic carbocycles. The van der Waals surface area contributed by atoms with Crippen LogP contribution in [0.2, 0.25) is 0 Å². The Kier molecular flexibility index (Phi) is 3.62. The monoisotopic (exact) mass is 245 g/mol. The van der Waals surface area contributed by atoms with Crippen LogP contribution in [0.25, 0.3) is 0 Å². The van der Waals surface area contributed by atoms with Crippen molar-refractivity contribution in [3.63, 3.8) is 0 Å². The van der Waals surface area contributed by atoms with Crippen molar-refractivity contribution in [3.05, 3.63) is 48.0 Å². The molecule has 1 aromatic carbocycles. The molecule has 0 fully saturated rings. The number of rotatable bonds is 3. The van der Waals surface area contributed by atoms with Gasteiger partial charge in [-0.1, -0.05) is 12.1 Å². The lowest BCUT2D eigenvalue weighted by atomic mass is 10.1. The van der Waals surface area contributed by atoms with Crippen LogP contribution in [0.15, 0.2) is 36.9 Å². The van der Waals surface area contributed by atoms with Crippen molar-refractivity contribution >= 4 is 11.8 Å². The molecule has 5 nitrogen and oxygen atoms in total. The second-order valence-corrected chi connectivity index (χ2v) is 4.08. The molecule has 0 bridgehead atoms. The summed E-state index contributed by atoms with van der Waals surface area (Å²) in [6, 6.07) is 5.87. The highest BCUT2D eigenvalue weighted by molar-refractivity contribution is 5.85. The molecule has 0 aliphatic rings. The maximum absolute atomic E-state index is 11.6. The van der Waals surface area contributed by atoms with E-state index in [-0.39, 0.29) is 6.73 Å². The number of hydrogen-bond donors (Lipinski definition) is 1. The number of aromatic nitrogens is 2. The van der Waals surface area contributed by atoms with Gasteiger partial charge in [0.25, 0.3) is 0 Å². The standard InChI is InChI=1S/C13H15N3O2/c1-10-3-4-11(2)12(7-10)15-13(17)18-9-16-6-5-14-8-16/h3-8H,9H2,1-2H3,(H,15,17). The van der Waals surface area contributed by atoms with Crippen LogP contribution < -0.4 is 5.32 Å². The van der Waals surface area contributed by atoms with Gasteiger partial charge in [0.1, 0.15) is 0 Å². The van der Waals surface area contributed by atoms with Crippen LogP contribution in [0.4, 0.5) is 10.5 Å². The van der Waals surface area contributed by atoms with Gasteiger partial charge in [-0.3, -0.25) is 5.32 Å². The van der Waals surface area contributed by atoms with Gasteiger partial charge in [0, 0.05) is 18.1 Å². The zero-order valence-electron chi connectivity index (χ0n) is 10.4. The fourth-order valence-corrected chi connectivity index (χ4v) is 1.51. The summed E-state index contributed by atoms with van der Waals surface area (Å²) in [6.07, 6.45) is 4.47. The fourth-order valence-electron chi connectivity index (χ4n) is 1.51. The van der Waals surface area contributed by atoms with E-state index < -0.39 is 6.09 Å². The molecule has 0 unspecified atom stereocenters. The van der Waals surface area contributed by atoms with Crippen LogP contribution in [0, 0.1) is 13.8 Å². The molecule has 1 heterocycles. The number of carbonyl (C=O) groups is 1. The van der Waals surface area contributed by atoms with Crippen LogP contribution >= 0.6 is 0 Å². The quantitative estimate of drug-likeness (QED) is 0.904. The lowest BCUT2D eigenvalue weighted by molar-refractivity contribution is 0.128. The summed E-state index contributed by atoms with van der Waals surface area (Å²) < 4.78 is 6.73. The molecule has 2 aromatic rings. The largest absolute Gasteiger partial charge is 0.427 e. The highest BCUT2D eigenvalue weighted by Gasteiger charge is 2.05. The Morgan fingerprint density at radius 3 is 3.00 bits per heavy atom. The predicted molar refractivity (Wildman–Crippen MR) is 68.2 cm³/mol. The highest BCUT2D eigenvalue weighted by atomic mass is 16.6. The van der Waals surface area contributed by atoms with Crippen molar-refractivity contribution in [1.29, 1.82) is 0 Å². The summed E-state index contributed by atoms with van der Waals surface area (Å²) >= 11 is 0. The third-order valence-corrected chi connectivity index (χ3v) is 2.53. The van der Waals surface area contributed by atoms with Gasteiger partial charge in [0.15, 0.2) is 6.73 Å². The third kappa shape index (κ3) is 3.10. The number of anilines is 1. The molecule has 2 rings (SSSR count). The molecule has 18 heavy (non-hydrogen) atoms. The maximum Gasteiger partial charge on any atom is 0.413 e. The Bertz CT molecular complexity index is 535. The molecule has 94 valence electrons. The van der Waals surface area contributed by atoms with Crippen LogP contribution in [-0.4, -0.2) is 15.6 Å². The van der Waals surface area contributed by atoms with E-state index in [2.05, 4.69) is 10.3 Å². The lowest BCUT2D eigenvalue weighted by Crippen LogP contribution is -2.16. The summed E-state index contributed by atoms with van der Waals surface area (Å²) in [7, 11) is 0. The number of carbonyl (C=O) groups excluding carboxylic acids is 1. The minimum atomic E-state index is -0.475. The minimum absolute atomic E-state index is 0.150. The lowest BCUT2D eigenvalue weighted by Gasteiger charge is -2.10. The van der Waals surface area contributed by atoms with E-state index >= 15 is 0 Å². The van der Waals surface area contributed by atoms with Gasteiger partial charge < -0.3 is 9.30 Å². The zero-order valence-corrected chi connectivity index (χ0v) is 10.4. The number of aryl methyl sites for hydroxylation is 2. The highest BCUT2D eigenvalue weighted by Crippen LogP contribution is 2.16. The second-order valence-electron chi connectivity index (χ2n) is 4.08. The summed E-state index contributed by atoms with van der Waals surface area (Å²) in [5.74, 6) is 0. The molecule has 0 saturated carbocycles. The first-order chi connectivity index (χ1) is 8.65. The molecular weight excluding hydrogens is 230 g/mol. The van der Waals surface area contributed by atoms with Gasteiger partial charge in [-0.15, -0.1) is 0 Å². The molecule has 0 atom stereocenters. The number of ether oxygens (including phenoxy) is 1. The smallest absolute Gasteiger partial charge is 0.413 e.